The van der Waals surface area contributed by atoms with Gasteiger partial charge >= 0.3 is 0 Å². The van der Waals surface area contributed by atoms with E-state index in [1.165, 1.54) is 64.2 Å². The Morgan fingerprint density at radius 3 is 1.32 bits per heavy atom. The fraction of sp³-hybridized carbons (Fsp3) is 0.548. The SMILES string of the molecule is C#CC(O)(c1ccc(OCCCCCCCC)cc1)c1ccc(OCCCCCCCC)cc1. The predicted octanol–water partition coefficient (Wildman–Crippen LogP) is 8.03. The van der Waals surface area contributed by atoms with Gasteiger partial charge in [-0.3, -0.25) is 0 Å². The summed E-state index contributed by atoms with van der Waals surface area (Å²) in [4.78, 5) is 0. The molecule has 0 aliphatic carbocycles. The van der Waals surface area contributed by atoms with Gasteiger partial charge in [0.15, 0.2) is 5.60 Å². The van der Waals surface area contributed by atoms with Gasteiger partial charge in [-0.1, -0.05) is 108 Å². The Morgan fingerprint density at radius 2 is 0.971 bits per heavy atom. The molecule has 0 aromatic heterocycles. The van der Waals surface area contributed by atoms with Crippen LogP contribution in [0.4, 0.5) is 0 Å². The minimum absolute atomic E-state index is 0.655. The summed E-state index contributed by atoms with van der Waals surface area (Å²) in [5, 5.41) is 11.3. The zero-order valence-electron chi connectivity index (χ0n) is 21.4. The highest BCUT2D eigenvalue weighted by molar-refractivity contribution is 5.46. The second kappa shape index (κ2) is 16.2. The van der Waals surface area contributed by atoms with E-state index in [1.807, 2.05) is 48.5 Å². The van der Waals surface area contributed by atoms with Crippen LogP contribution in [0.2, 0.25) is 0 Å². The first-order valence-electron chi connectivity index (χ1n) is 13.3. The fourth-order valence-electron chi connectivity index (χ4n) is 4.06. The van der Waals surface area contributed by atoms with E-state index in [2.05, 4.69) is 19.8 Å². The summed E-state index contributed by atoms with van der Waals surface area (Å²) in [6.07, 6.45) is 20.6. The van der Waals surface area contributed by atoms with Crippen LogP contribution in [0.15, 0.2) is 48.5 Å². The van der Waals surface area contributed by atoms with Crippen molar-refractivity contribution in [1.29, 1.82) is 0 Å². The molecule has 0 bridgehead atoms. The molecule has 0 heterocycles. The van der Waals surface area contributed by atoms with E-state index < -0.39 is 5.60 Å². The van der Waals surface area contributed by atoms with Crippen LogP contribution in [0.3, 0.4) is 0 Å². The molecule has 0 atom stereocenters. The van der Waals surface area contributed by atoms with E-state index in [0.29, 0.717) is 24.3 Å². The highest BCUT2D eigenvalue weighted by Crippen LogP contribution is 2.31. The van der Waals surface area contributed by atoms with Crippen LogP contribution < -0.4 is 9.47 Å². The van der Waals surface area contributed by atoms with Crippen LogP contribution in [0.1, 0.15) is 102 Å². The molecule has 0 saturated heterocycles. The molecule has 186 valence electrons. The highest BCUT2D eigenvalue weighted by Gasteiger charge is 2.29. The lowest BCUT2D eigenvalue weighted by atomic mass is 9.87. The maximum Gasteiger partial charge on any atom is 0.176 e. The number of terminal acetylenes is 1. The monoisotopic (exact) mass is 464 g/mol. The molecule has 2 aromatic carbocycles. The summed E-state index contributed by atoms with van der Waals surface area (Å²) in [7, 11) is 0. The first-order valence-corrected chi connectivity index (χ1v) is 13.3. The topological polar surface area (TPSA) is 38.7 Å². The van der Waals surface area contributed by atoms with Crippen molar-refractivity contribution in [3.05, 3.63) is 59.7 Å². The van der Waals surface area contributed by atoms with Gasteiger partial charge < -0.3 is 14.6 Å². The van der Waals surface area contributed by atoms with Gasteiger partial charge in [0, 0.05) is 11.1 Å². The third kappa shape index (κ3) is 9.43. The Kier molecular flexibility index (Phi) is 13.3. The van der Waals surface area contributed by atoms with E-state index in [4.69, 9.17) is 15.9 Å². The van der Waals surface area contributed by atoms with Crippen molar-refractivity contribution in [1.82, 2.24) is 0 Å². The molecule has 0 radical (unpaired) electrons. The quantitative estimate of drug-likeness (QED) is 0.179. The molecule has 0 amide bonds. The predicted molar refractivity (Wildman–Crippen MR) is 142 cm³/mol. The average Bonchev–Trinajstić information content (AvgIpc) is 2.88. The van der Waals surface area contributed by atoms with Gasteiger partial charge in [-0.15, -0.1) is 6.42 Å². The summed E-state index contributed by atoms with van der Waals surface area (Å²) >= 11 is 0. The number of ether oxygens (including phenoxy) is 2. The maximum absolute atomic E-state index is 11.3. The summed E-state index contributed by atoms with van der Waals surface area (Å²) < 4.78 is 11.7. The molecule has 3 nitrogen and oxygen atoms in total. The lowest BCUT2D eigenvalue weighted by molar-refractivity contribution is 0.145. The lowest BCUT2D eigenvalue weighted by Crippen LogP contribution is -2.24. The van der Waals surface area contributed by atoms with Crippen LogP contribution >= 0.6 is 0 Å². The molecular weight excluding hydrogens is 420 g/mol. The molecule has 1 N–H and O–H groups in total. The van der Waals surface area contributed by atoms with Crippen LogP contribution in [-0.2, 0) is 5.60 Å². The number of hydrogen-bond acceptors (Lipinski definition) is 3. The maximum atomic E-state index is 11.3. The average molecular weight is 465 g/mol. The zero-order chi connectivity index (χ0) is 24.5. The van der Waals surface area contributed by atoms with E-state index >= 15 is 0 Å². The van der Waals surface area contributed by atoms with Crippen LogP contribution in [0.5, 0.6) is 11.5 Å². The van der Waals surface area contributed by atoms with Gasteiger partial charge in [0.05, 0.1) is 13.2 Å². The molecule has 0 aliphatic rings. The van der Waals surface area contributed by atoms with Crippen molar-refractivity contribution < 1.29 is 14.6 Å². The Bertz CT molecular complexity index is 756. The van der Waals surface area contributed by atoms with Gasteiger partial charge in [0.25, 0.3) is 0 Å². The third-order valence-corrected chi connectivity index (χ3v) is 6.29. The molecule has 2 aromatic rings. The van der Waals surface area contributed by atoms with Gasteiger partial charge in [-0.25, -0.2) is 0 Å². The molecule has 3 heteroatoms. The second-order valence-electron chi connectivity index (χ2n) is 9.14. The van der Waals surface area contributed by atoms with E-state index in [9.17, 15) is 5.11 Å². The smallest absolute Gasteiger partial charge is 0.176 e. The summed E-state index contributed by atoms with van der Waals surface area (Å²) in [5.74, 6) is 4.18. The first kappa shape index (κ1) is 27.8. The minimum atomic E-state index is -1.49. The van der Waals surface area contributed by atoms with E-state index in [0.717, 1.165) is 24.3 Å². The molecule has 0 fully saturated rings. The van der Waals surface area contributed by atoms with Crippen molar-refractivity contribution in [3.8, 4) is 23.8 Å². The van der Waals surface area contributed by atoms with Crippen molar-refractivity contribution in [3.63, 3.8) is 0 Å². The summed E-state index contributed by atoms with van der Waals surface area (Å²) in [6.45, 7) is 5.89. The molecule has 34 heavy (non-hydrogen) atoms. The standard InChI is InChI=1S/C31H44O3/c1-4-7-9-11-13-15-25-33-29-21-17-27(18-22-29)31(32,6-3)28-19-23-30(24-20-28)34-26-16-14-12-10-8-5-2/h3,17-24,32H,4-5,7-16,25-26H2,1-2H3. The zero-order valence-corrected chi connectivity index (χ0v) is 21.4. The summed E-state index contributed by atoms with van der Waals surface area (Å²) in [6, 6.07) is 14.9. The number of hydrogen-bond donors (Lipinski definition) is 1. The molecule has 0 spiro atoms. The minimum Gasteiger partial charge on any atom is -0.494 e. The van der Waals surface area contributed by atoms with Crippen molar-refractivity contribution in [2.45, 2.75) is 96.5 Å². The number of aliphatic hydroxyl groups is 1. The highest BCUT2D eigenvalue weighted by atomic mass is 16.5. The van der Waals surface area contributed by atoms with Gasteiger partial charge in [-0.05, 0) is 37.1 Å². The van der Waals surface area contributed by atoms with Crippen LogP contribution in [0.25, 0.3) is 0 Å². The second-order valence-corrected chi connectivity index (χ2v) is 9.14. The first-order chi connectivity index (χ1) is 16.6. The Balaban J connectivity index is 1.83. The largest absolute Gasteiger partial charge is 0.494 e. The molecule has 0 unspecified atom stereocenters. The Hall–Kier alpha value is -2.44. The molecule has 0 saturated carbocycles. The van der Waals surface area contributed by atoms with Crippen LogP contribution in [-0.4, -0.2) is 18.3 Å². The van der Waals surface area contributed by atoms with Crippen molar-refractivity contribution in [2.24, 2.45) is 0 Å². The lowest BCUT2D eigenvalue weighted by Gasteiger charge is -2.24. The van der Waals surface area contributed by atoms with E-state index in [1.54, 1.807) is 0 Å². The Morgan fingerprint density at radius 1 is 0.618 bits per heavy atom. The molecule has 0 aliphatic heterocycles. The van der Waals surface area contributed by atoms with Gasteiger partial charge in [0.2, 0.25) is 0 Å². The normalized spacial score (nSPS) is 11.2. The number of rotatable bonds is 18. The number of benzene rings is 2. The fourth-order valence-corrected chi connectivity index (χ4v) is 4.06. The third-order valence-electron chi connectivity index (χ3n) is 6.29. The number of unbranched alkanes of at least 4 members (excludes halogenated alkanes) is 10. The van der Waals surface area contributed by atoms with Gasteiger partial charge in [-0.2, -0.15) is 0 Å². The van der Waals surface area contributed by atoms with E-state index in [-0.39, 0.29) is 0 Å². The van der Waals surface area contributed by atoms with Crippen LogP contribution in [0, 0.1) is 12.3 Å². The Labute approximate surface area is 207 Å². The van der Waals surface area contributed by atoms with Crippen molar-refractivity contribution >= 4 is 0 Å². The summed E-state index contributed by atoms with van der Waals surface area (Å²) in [5.41, 5.74) is -0.180. The van der Waals surface area contributed by atoms with Gasteiger partial charge in [0.1, 0.15) is 11.5 Å². The molecule has 2 rings (SSSR count). The molecular formula is C31H44O3. The van der Waals surface area contributed by atoms with Crippen molar-refractivity contribution in [2.75, 3.05) is 13.2 Å².